The van der Waals surface area contributed by atoms with Gasteiger partial charge in [0.1, 0.15) is 0 Å². The van der Waals surface area contributed by atoms with E-state index in [0.717, 1.165) is 11.1 Å². The van der Waals surface area contributed by atoms with E-state index in [-0.39, 0.29) is 18.5 Å². The summed E-state index contributed by atoms with van der Waals surface area (Å²) in [4.78, 5) is 13.5. The largest absolute Gasteiger partial charge is 0.395 e. The van der Waals surface area contributed by atoms with E-state index >= 15 is 0 Å². The fourth-order valence-electron chi connectivity index (χ4n) is 1.73. The first kappa shape index (κ1) is 14.7. The van der Waals surface area contributed by atoms with Crippen molar-refractivity contribution in [3.8, 4) is 11.8 Å². The lowest BCUT2D eigenvalue weighted by atomic mass is 10.0. The maximum Gasteiger partial charge on any atom is 0.270 e. The fraction of sp³-hybridized carbons (Fsp3) is 0.286. The van der Waals surface area contributed by atoms with Gasteiger partial charge in [0.05, 0.1) is 13.7 Å². The van der Waals surface area contributed by atoms with Crippen LogP contribution >= 0.6 is 0 Å². The van der Waals surface area contributed by atoms with Crippen molar-refractivity contribution in [1.29, 1.82) is 0 Å². The second-order valence-electron chi connectivity index (χ2n) is 4.31. The molecule has 108 valence electrons. The van der Waals surface area contributed by atoms with E-state index in [2.05, 4.69) is 32.6 Å². The highest BCUT2D eigenvalue weighted by molar-refractivity contribution is 6.04. The molecule has 0 radical (unpaired) electrons. The smallest absolute Gasteiger partial charge is 0.270 e. The zero-order valence-electron chi connectivity index (χ0n) is 11.8. The molecule has 1 heterocycles. The molecule has 0 spiro atoms. The number of aliphatic hydroxyl groups is 1. The van der Waals surface area contributed by atoms with Gasteiger partial charge < -0.3 is 5.11 Å². The van der Waals surface area contributed by atoms with Gasteiger partial charge in [-0.3, -0.25) is 10.1 Å². The summed E-state index contributed by atoms with van der Waals surface area (Å²) < 4.78 is 0. The van der Waals surface area contributed by atoms with E-state index in [1.165, 1.54) is 4.80 Å². The number of benzene rings is 1. The molecule has 2 aromatic rings. The first-order chi connectivity index (χ1) is 10.1. The molecule has 0 fully saturated rings. The van der Waals surface area contributed by atoms with Crippen LogP contribution in [0.2, 0.25) is 0 Å². The Kier molecular flexibility index (Phi) is 4.64. The van der Waals surface area contributed by atoms with Crippen LogP contribution in [0, 0.1) is 18.8 Å². The maximum absolute atomic E-state index is 12.2. The Morgan fingerprint density at radius 2 is 2.29 bits per heavy atom. The number of nitrogens with one attached hydrogen (secondary N) is 1. The van der Waals surface area contributed by atoms with Crippen LogP contribution < -0.4 is 5.32 Å². The molecule has 2 N–H and O–H groups in total. The number of hydrogen-bond donors (Lipinski definition) is 2. The standard InChI is InChI=1S/C14H15N5O2/c1-10-11(6-3-4-9-20)7-5-8-12(10)13(21)15-14-16-18-19(2)17-14/h5,7-8,20H,4,9H2,1-2H3,(H,15,17,21). The van der Waals surface area contributed by atoms with Crippen molar-refractivity contribution < 1.29 is 9.90 Å². The van der Waals surface area contributed by atoms with Crippen LogP contribution in [-0.2, 0) is 7.05 Å². The number of aromatic nitrogens is 4. The number of nitrogens with zero attached hydrogens (tertiary/aromatic N) is 4. The Morgan fingerprint density at radius 3 is 2.95 bits per heavy atom. The quantitative estimate of drug-likeness (QED) is 0.801. The van der Waals surface area contributed by atoms with Gasteiger partial charge >= 0.3 is 0 Å². The molecule has 1 aromatic heterocycles. The third-order valence-electron chi connectivity index (χ3n) is 2.77. The number of carbonyl (C=O) groups excluding carboxylic acids is 1. The highest BCUT2D eigenvalue weighted by Gasteiger charge is 2.13. The molecule has 1 aromatic carbocycles. The van der Waals surface area contributed by atoms with Crippen molar-refractivity contribution in [3.05, 3.63) is 34.9 Å². The highest BCUT2D eigenvalue weighted by atomic mass is 16.2. The second-order valence-corrected chi connectivity index (χ2v) is 4.31. The van der Waals surface area contributed by atoms with Gasteiger partial charge in [-0.25, -0.2) is 0 Å². The average molecular weight is 285 g/mol. The van der Waals surface area contributed by atoms with Gasteiger partial charge in [0.2, 0.25) is 0 Å². The minimum absolute atomic E-state index is 0.0184. The van der Waals surface area contributed by atoms with Crippen LogP contribution in [0.3, 0.4) is 0 Å². The molecular formula is C14H15N5O2. The highest BCUT2D eigenvalue weighted by Crippen LogP contribution is 2.14. The van der Waals surface area contributed by atoms with Gasteiger partial charge in [0, 0.05) is 17.5 Å². The van der Waals surface area contributed by atoms with E-state index < -0.39 is 0 Å². The molecule has 21 heavy (non-hydrogen) atoms. The first-order valence-electron chi connectivity index (χ1n) is 6.36. The molecule has 0 aliphatic rings. The van der Waals surface area contributed by atoms with Crippen LogP contribution in [0.4, 0.5) is 5.95 Å². The molecule has 0 atom stereocenters. The lowest BCUT2D eigenvalue weighted by Gasteiger charge is -2.06. The van der Waals surface area contributed by atoms with Gasteiger partial charge in [-0.15, -0.1) is 5.10 Å². The minimum Gasteiger partial charge on any atom is -0.395 e. The van der Waals surface area contributed by atoms with E-state index in [1.54, 1.807) is 19.2 Å². The van der Waals surface area contributed by atoms with Gasteiger partial charge in [-0.1, -0.05) is 23.0 Å². The number of tetrazole rings is 1. The van der Waals surface area contributed by atoms with Crippen LogP contribution in [0.25, 0.3) is 0 Å². The van der Waals surface area contributed by atoms with E-state index in [0.29, 0.717) is 12.0 Å². The van der Waals surface area contributed by atoms with Crippen LogP contribution in [0.15, 0.2) is 18.2 Å². The Balaban J connectivity index is 2.22. The number of rotatable bonds is 3. The van der Waals surface area contributed by atoms with Crippen molar-refractivity contribution in [2.75, 3.05) is 11.9 Å². The third-order valence-corrected chi connectivity index (χ3v) is 2.77. The van der Waals surface area contributed by atoms with E-state index in [9.17, 15) is 4.79 Å². The monoisotopic (exact) mass is 285 g/mol. The lowest BCUT2D eigenvalue weighted by molar-refractivity contribution is 0.102. The zero-order chi connectivity index (χ0) is 15.2. The minimum atomic E-state index is -0.314. The van der Waals surface area contributed by atoms with Gasteiger partial charge in [0.25, 0.3) is 11.9 Å². The fourth-order valence-corrected chi connectivity index (χ4v) is 1.73. The molecule has 7 nitrogen and oxygen atoms in total. The summed E-state index contributed by atoms with van der Waals surface area (Å²) in [6, 6.07) is 5.30. The van der Waals surface area contributed by atoms with E-state index in [4.69, 9.17) is 5.11 Å². The summed E-state index contributed by atoms with van der Waals surface area (Å²) >= 11 is 0. The molecule has 0 bridgehead atoms. The molecule has 0 aliphatic heterocycles. The molecule has 7 heteroatoms. The topological polar surface area (TPSA) is 92.9 Å². The SMILES string of the molecule is Cc1c(C#CCCO)cccc1C(=O)Nc1nnn(C)n1. The van der Waals surface area contributed by atoms with E-state index in [1.807, 2.05) is 13.0 Å². The predicted octanol–water partition coefficient (Wildman–Crippen LogP) is 0.505. The number of amides is 1. The molecule has 0 saturated heterocycles. The Bertz CT molecular complexity index is 712. The van der Waals surface area contributed by atoms with Crippen molar-refractivity contribution in [2.45, 2.75) is 13.3 Å². The Morgan fingerprint density at radius 1 is 1.48 bits per heavy atom. The lowest BCUT2D eigenvalue weighted by Crippen LogP contribution is -2.15. The first-order valence-corrected chi connectivity index (χ1v) is 6.36. The summed E-state index contributed by atoms with van der Waals surface area (Å²) in [5.74, 6) is 5.62. The predicted molar refractivity (Wildman–Crippen MR) is 76.5 cm³/mol. The van der Waals surface area contributed by atoms with Gasteiger partial charge in [0.15, 0.2) is 0 Å². The maximum atomic E-state index is 12.2. The molecule has 2 rings (SSSR count). The number of aryl methyl sites for hydroxylation is 1. The zero-order valence-corrected chi connectivity index (χ0v) is 11.8. The normalized spacial score (nSPS) is 9.86. The van der Waals surface area contributed by atoms with Crippen molar-refractivity contribution in [3.63, 3.8) is 0 Å². The molecule has 1 amide bonds. The summed E-state index contributed by atoms with van der Waals surface area (Å²) in [6.07, 6.45) is 0.402. The van der Waals surface area contributed by atoms with Crippen LogP contribution in [0.1, 0.15) is 27.9 Å². The molecule has 0 aliphatic carbocycles. The van der Waals surface area contributed by atoms with Crippen molar-refractivity contribution in [1.82, 2.24) is 20.2 Å². The summed E-state index contributed by atoms with van der Waals surface area (Å²) in [7, 11) is 1.62. The third kappa shape index (κ3) is 3.64. The summed E-state index contributed by atoms with van der Waals surface area (Å²) in [5.41, 5.74) is 2.02. The number of anilines is 1. The number of aliphatic hydroxyl groups excluding tert-OH is 1. The Hall–Kier alpha value is -2.72. The van der Waals surface area contributed by atoms with Crippen LogP contribution in [0.5, 0.6) is 0 Å². The average Bonchev–Trinajstić information content (AvgIpc) is 2.86. The molecule has 0 unspecified atom stereocenters. The van der Waals surface area contributed by atoms with Crippen molar-refractivity contribution in [2.24, 2.45) is 7.05 Å². The number of carbonyl (C=O) groups is 1. The summed E-state index contributed by atoms with van der Waals surface area (Å²) in [5, 5.41) is 22.6. The molecule has 0 saturated carbocycles. The van der Waals surface area contributed by atoms with Gasteiger partial charge in [-0.2, -0.15) is 4.80 Å². The number of hydrogen-bond acceptors (Lipinski definition) is 5. The second kappa shape index (κ2) is 6.63. The van der Waals surface area contributed by atoms with Crippen molar-refractivity contribution >= 4 is 11.9 Å². The Labute approximate surface area is 122 Å². The molecular weight excluding hydrogens is 270 g/mol. The summed E-state index contributed by atoms with van der Waals surface area (Å²) in [6.45, 7) is 1.84. The van der Waals surface area contributed by atoms with Crippen LogP contribution in [-0.4, -0.2) is 37.8 Å². The van der Waals surface area contributed by atoms with Gasteiger partial charge in [-0.05, 0) is 29.8 Å².